The zero-order valence-corrected chi connectivity index (χ0v) is 25.6. The van der Waals surface area contributed by atoms with E-state index in [1.54, 1.807) is 18.2 Å². The van der Waals surface area contributed by atoms with Gasteiger partial charge in [-0.15, -0.1) is 0 Å². The van der Waals surface area contributed by atoms with Gasteiger partial charge in [-0.05, 0) is 124 Å². The maximum Gasteiger partial charge on any atom is 0.416 e. The number of nitrogens with zero attached hydrogens (tertiary/aromatic N) is 1. The van der Waals surface area contributed by atoms with E-state index in [9.17, 15) is 23.4 Å². The maximum atomic E-state index is 13.3. The van der Waals surface area contributed by atoms with Crippen molar-refractivity contribution in [1.29, 1.82) is 0 Å². The van der Waals surface area contributed by atoms with E-state index in [4.69, 9.17) is 4.74 Å². The second-order valence-corrected chi connectivity index (χ2v) is 11.6. The Balaban J connectivity index is 0.00000207. The minimum atomic E-state index is -4.39. The number of phenolic OH excluding ortho intramolecular Hbond substituents is 2. The van der Waals surface area contributed by atoms with Gasteiger partial charge in [0.05, 0.1) is 11.7 Å². The van der Waals surface area contributed by atoms with Crippen molar-refractivity contribution in [2.75, 3.05) is 11.4 Å². The summed E-state index contributed by atoms with van der Waals surface area (Å²) in [4.78, 5) is 2.22. The van der Waals surface area contributed by atoms with Gasteiger partial charge < -0.3 is 19.8 Å². The molecule has 5 nitrogen and oxygen atoms in total. The lowest BCUT2D eigenvalue weighted by atomic mass is 9.97. The van der Waals surface area contributed by atoms with E-state index < -0.39 is 11.7 Å². The van der Waals surface area contributed by atoms with Gasteiger partial charge in [0.25, 0.3) is 0 Å². The molecule has 1 saturated heterocycles. The molecule has 234 valence electrons. The number of rotatable bonds is 8. The van der Waals surface area contributed by atoms with Crippen molar-refractivity contribution < 1.29 is 28.1 Å². The fraction of sp³-hybridized carbons (Fsp3) is 0.486. The SMILES string of the molecule is CC.CC(C)OC1CCCC(N(Cc2cccc(-c3cc(O)c(O)c(C4CC4)c3)c2)c2ccc(C(F)(F)F)cc2)CCN1. The molecule has 0 aromatic heterocycles. The summed E-state index contributed by atoms with van der Waals surface area (Å²) in [6, 6.07) is 17.2. The van der Waals surface area contributed by atoms with Crippen molar-refractivity contribution in [2.24, 2.45) is 0 Å². The number of aromatic hydroxyl groups is 2. The van der Waals surface area contributed by atoms with Crippen molar-refractivity contribution in [3.8, 4) is 22.6 Å². The predicted molar refractivity (Wildman–Crippen MR) is 166 cm³/mol. The van der Waals surface area contributed by atoms with E-state index in [0.29, 0.717) is 6.54 Å². The fourth-order valence-corrected chi connectivity index (χ4v) is 5.78. The van der Waals surface area contributed by atoms with Crippen LogP contribution in [0.1, 0.15) is 88.8 Å². The third kappa shape index (κ3) is 8.67. The molecule has 3 aromatic rings. The van der Waals surface area contributed by atoms with E-state index in [1.165, 1.54) is 0 Å². The highest BCUT2D eigenvalue weighted by Gasteiger charge is 2.31. The lowest BCUT2D eigenvalue weighted by Gasteiger charge is -2.37. The summed E-state index contributed by atoms with van der Waals surface area (Å²) < 4.78 is 45.9. The Labute approximate surface area is 253 Å². The van der Waals surface area contributed by atoms with Crippen LogP contribution in [0.5, 0.6) is 11.5 Å². The Hall–Kier alpha value is -3.23. The summed E-state index contributed by atoms with van der Waals surface area (Å²) in [7, 11) is 0. The lowest BCUT2D eigenvalue weighted by molar-refractivity contribution is -0.137. The number of nitrogens with one attached hydrogen (secondary N) is 1. The topological polar surface area (TPSA) is 65.0 Å². The Bertz CT molecular complexity index is 1310. The normalized spacial score (nSPS) is 19.3. The Morgan fingerprint density at radius 1 is 0.907 bits per heavy atom. The van der Waals surface area contributed by atoms with E-state index in [2.05, 4.69) is 16.3 Å². The van der Waals surface area contributed by atoms with Gasteiger partial charge in [-0.2, -0.15) is 13.2 Å². The van der Waals surface area contributed by atoms with Crippen LogP contribution in [-0.2, 0) is 17.5 Å². The van der Waals surface area contributed by atoms with Crippen molar-refractivity contribution in [3.05, 3.63) is 77.4 Å². The van der Waals surface area contributed by atoms with Crippen LogP contribution in [0.15, 0.2) is 60.7 Å². The van der Waals surface area contributed by atoms with Crippen molar-refractivity contribution in [3.63, 3.8) is 0 Å². The molecule has 3 aromatic carbocycles. The minimum absolute atomic E-state index is 0.00871. The van der Waals surface area contributed by atoms with E-state index in [-0.39, 0.29) is 35.8 Å². The molecule has 0 amide bonds. The van der Waals surface area contributed by atoms with Crippen LogP contribution in [0.25, 0.3) is 11.1 Å². The Morgan fingerprint density at radius 2 is 1.63 bits per heavy atom. The smallest absolute Gasteiger partial charge is 0.416 e. The van der Waals surface area contributed by atoms with Crippen LogP contribution in [0.2, 0.25) is 0 Å². The summed E-state index contributed by atoms with van der Waals surface area (Å²) in [5.74, 6) is 0.112. The van der Waals surface area contributed by atoms with Crippen molar-refractivity contribution >= 4 is 5.69 Å². The zero-order chi connectivity index (χ0) is 31.1. The summed E-state index contributed by atoms with van der Waals surface area (Å²) in [5, 5.41) is 24.3. The molecular weight excluding hydrogens is 553 g/mol. The monoisotopic (exact) mass is 598 g/mol. The van der Waals surface area contributed by atoms with Crippen LogP contribution in [0, 0.1) is 0 Å². The van der Waals surface area contributed by atoms with Gasteiger partial charge in [-0.25, -0.2) is 0 Å². The molecule has 5 rings (SSSR count). The highest BCUT2D eigenvalue weighted by molar-refractivity contribution is 5.70. The molecule has 0 bridgehead atoms. The maximum absolute atomic E-state index is 13.3. The van der Waals surface area contributed by atoms with Crippen LogP contribution >= 0.6 is 0 Å². The number of hydrogen-bond donors (Lipinski definition) is 3. The second-order valence-electron chi connectivity index (χ2n) is 11.6. The van der Waals surface area contributed by atoms with Crippen molar-refractivity contribution in [2.45, 2.75) is 103 Å². The van der Waals surface area contributed by atoms with Crippen molar-refractivity contribution in [1.82, 2.24) is 5.32 Å². The van der Waals surface area contributed by atoms with E-state index >= 15 is 0 Å². The molecule has 8 heteroatoms. The average molecular weight is 599 g/mol. The molecule has 43 heavy (non-hydrogen) atoms. The van der Waals surface area contributed by atoms with Gasteiger partial charge in [0.2, 0.25) is 0 Å². The number of ether oxygens (including phenoxy) is 1. The van der Waals surface area contributed by atoms with Gasteiger partial charge >= 0.3 is 6.18 Å². The van der Waals surface area contributed by atoms with Gasteiger partial charge in [0.1, 0.15) is 6.23 Å². The number of anilines is 1. The minimum Gasteiger partial charge on any atom is -0.504 e. The number of phenols is 2. The average Bonchev–Trinajstić information content (AvgIpc) is 3.81. The number of halogens is 3. The van der Waals surface area contributed by atoms with Gasteiger partial charge in [0.15, 0.2) is 11.5 Å². The molecule has 1 saturated carbocycles. The molecule has 2 atom stereocenters. The number of alkyl halides is 3. The first-order chi connectivity index (χ1) is 20.6. The fourth-order valence-electron chi connectivity index (χ4n) is 5.78. The van der Waals surface area contributed by atoms with Crippen LogP contribution in [0.3, 0.4) is 0 Å². The first-order valence-electron chi connectivity index (χ1n) is 15.6. The number of hydrogen-bond acceptors (Lipinski definition) is 5. The molecule has 1 aliphatic heterocycles. The molecule has 2 aliphatic rings. The largest absolute Gasteiger partial charge is 0.504 e. The molecular formula is C35H45F3N2O3. The van der Waals surface area contributed by atoms with Gasteiger partial charge in [0, 0.05) is 23.8 Å². The van der Waals surface area contributed by atoms with Crippen LogP contribution in [-0.4, -0.2) is 35.1 Å². The molecule has 0 radical (unpaired) electrons. The quantitative estimate of drug-likeness (QED) is 0.226. The van der Waals surface area contributed by atoms with Gasteiger partial charge in [-0.1, -0.05) is 32.0 Å². The molecule has 2 fully saturated rings. The molecule has 1 heterocycles. The molecule has 3 N–H and O–H groups in total. The van der Waals surface area contributed by atoms with E-state index in [0.717, 1.165) is 85.1 Å². The number of benzene rings is 3. The highest BCUT2D eigenvalue weighted by atomic mass is 19.4. The van der Waals surface area contributed by atoms with Gasteiger partial charge in [-0.3, -0.25) is 5.32 Å². The molecule has 1 aliphatic carbocycles. The summed E-state index contributed by atoms with van der Waals surface area (Å²) in [6.07, 6.45) is 1.29. The standard InChI is InChI=1S/C33H39F3N2O3.C2H6/c1-21(2)41-31-8-4-7-27(15-16-37-31)38(28-13-11-26(12-14-28)33(34,35)36)20-22-5-3-6-24(17-22)25-18-29(23-9-10-23)32(40)30(39)19-25;1-2/h3,5-6,11-14,17-19,21,23,27,31,37,39-40H,4,7-10,15-16,20H2,1-2H3;1-2H3. The first-order valence-corrected chi connectivity index (χ1v) is 15.6. The first kappa shape index (κ1) is 32.7. The summed E-state index contributed by atoms with van der Waals surface area (Å²) in [5.41, 5.74) is 3.63. The van der Waals surface area contributed by atoms with Crippen LogP contribution < -0.4 is 10.2 Å². The third-order valence-corrected chi connectivity index (χ3v) is 8.01. The molecule has 0 spiro atoms. The molecule has 2 unspecified atom stereocenters. The second kappa shape index (κ2) is 14.5. The van der Waals surface area contributed by atoms with E-state index in [1.807, 2.05) is 52.0 Å². The Kier molecular flexibility index (Phi) is 11.0. The summed E-state index contributed by atoms with van der Waals surface area (Å²) >= 11 is 0. The lowest BCUT2D eigenvalue weighted by Crippen LogP contribution is -2.42. The highest BCUT2D eigenvalue weighted by Crippen LogP contribution is 2.48. The third-order valence-electron chi connectivity index (χ3n) is 8.01. The predicted octanol–water partition coefficient (Wildman–Crippen LogP) is 8.98. The zero-order valence-electron chi connectivity index (χ0n) is 25.6. The Morgan fingerprint density at radius 3 is 2.28 bits per heavy atom. The summed E-state index contributed by atoms with van der Waals surface area (Å²) in [6.45, 7) is 9.32. The van der Waals surface area contributed by atoms with Crippen LogP contribution in [0.4, 0.5) is 18.9 Å².